The maximum atomic E-state index is 13.4. The minimum Gasteiger partial charge on any atom is -0.496 e. The molecule has 0 spiro atoms. The Kier molecular flexibility index (Phi) is 6.65. The third-order valence-electron chi connectivity index (χ3n) is 4.83. The molecule has 0 unspecified atom stereocenters. The molecule has 32 heavy (non-hydrogen) atoms. The van der Waals surface area contributed by atoms with Crippen LogP contribution in [-0.2, 0) is 9.53 Å². The topological polar surface area (TPSA) is 52.6 Å². The standard InChI is InChI=1S/C25H15Br2ClO4/c1-31-20-10-7-15(13-19(20)27)22-21(11-14-5-8-18(28)9-6-14)32-25(30)23(22)24(29)16-3-2-4-17(26)12-16/h2-13H,1H3/b21-11-. The SMILES string of the molecule is COc1ccc(C2=C(C(=O)c3cccc(Br)c3)C(=O)O/C2=C\c2ccc(Cl)cc2)cc1Br. The largest absolute Gasteiger partial charge is 0.496 e. The van der Waals surface area contributed by atoms with Crippen LogP contribution in [0.5, 0.6) is 5.75 Å². The lowest BCUT2D eigenvalue weighted by molar-refractivity contribution is -0.132. The first-order chi connectivity index (χ1) is 15.4. The van der Waals surface area contributed by atoms with Gasteiger partial charge in [0.1, 0.15) is 17.1 Å². The van der Waals surface area contributed by atoms with Gasteiger partial charge >= 0.3 is 5.97 Å². The van der Waals surface area contributed by atoms with Gasteiger partial charge in [-0.2, -0.15) is 0 Å². The van der Waals surface area contributed by atoms with Crippen LogP contribution in [0.3, 0.4) is 0 Å². The van der Waals surface area contributed by atoms with Crippen LogP contribution in [0.1, 0.15) is 21.5 Å². The van der Waals surface area contributed by atoms with Crippen LogP contribution in [-0.4, -0.2) is 18.9 Å². The highest BCUT2D eigenvalue weighted by atomic mass is 79.9. The van der Waals surface area contributed by atoms with E-state index in [-0.39, 0.29) is 11.3 Å². The van der Waals surface area contributed by atoms with E-state index in [0.29, 0.717) is 31.9 Å². The van der Waals surface area contributed by atoms with Crippen LogP contribution in [0.25, 0.3) is 11.6 Å². The normalized spacial score (nSPS) is 14.6. The van der Waals surface area contributed by atoms with E-state index in [4.69, 9.17) is 21.1 Å². The summed E-state index contributed by atoms with van der Waals surface area (Å²) in [7, 11) is 1.56. The molecule has 0 N–H and O–H groups in total. The zero-order valence-corrected chi connectivity index (χ0v) is 20.6. The van der Waals surface area contributed by atoms with Crippen LogP contribution < -0.4 is 4.74 Å². The van der Waals surface area contributed by atoms with Gasteiger partial charge < -0.3 is 9.47 Å². The molecule has 0 saturated heterocycles. The Balaban J connectivity index is 1.92. The number of carbonyl (C=O) groups is 2. The molecule has 0 aliphatic carbocycles. The number of ketones is 1. The number of hydrogen-bond acceptors (Lipinski definition) is 4. The Morgan fingerprint density at radius 3 is 2.44 bits per heavy atom. The van der Waals surface area contributed by atoms with Gasteiger partial charge in [0.2, 0.25) is 5.78 Å². The Labute approximate surface area is 206 Å². The monoisotopic (exact) mass is 572 g/mol. The lowest BCUT2D eigenvalue weighted by Crippen LogP contribution is -2.11. The molecule has 0 saturated carbocycles. The second-order valence-corrected chi connectivity index (χ2v) is 9.09. The molecule has 1 heterocycles. The van der Waals surface area contributed by atoms with Crippen molar-refractivity contribution in [1.82, 2.24) is 0 Å². The van der Waals surface area contributed by atoms with Crippen molar-refractivity contribution >= 4 is 66.9 Å². The summed E-state index contributed by atoms with van der Waals surface area (Å²) in [6.07, 6.45) is 1.71. The van der Waals surface area contributed by atoms with Gasteiger partial charge in [-0.15, -0.1) is 0 Å². The number of hydrogen-bond donors (Lipinski definition) is 0. The highest BCUT2D eigenvalue weighted by Gasteiger charge is 2.36. The van der Waals surface area contributed by atoms with E-state index in [1.54, 1.807) is 73.8 Å². The third-order valence-corrected chi connectivity index (χ3v) is 6.19. The average molecular weight is 575 g/mol. The number of benzene rings is 3. The highest BCUT2D eigenvalue weighted by molar-refractivity contribution is 9.10. The molecule has 0 radical (unpaired) electrons. The summed E-state index contributed by atoms with van der Waals surface area (Å²) in [6.45, 7) is 0. The Bertz CT molecular complexity index is 1290. The first-order valence-corrected chi connectivity index (χ1v) is 11.4. The van der Waals surface area contributed by atoms with Crippen molar-refractivity contribution in [1.29, 1.82) is 0 Å². The average Bonchev–Trinajstić information content (AvgIpc) is 3.10. The number of rotatable bonds is 5. The van der Waals surface area contributed by atoms with Crippen molar-refractivity contribution < 1.29 is 19.1 Å². The Morgan fingerprint density at radius 1 is 1.03 bits per heavy atom. The summed E-state index contributed by atoms with van der Waals surface area (Å²) in [5, 5.41) is 0.593. The lowest BCUT2D eigenvalue weighted by Gasteiger charge is -2.09. The van der Waals surface area contributed by atoms with Gasteiger partial charge in [-0.25, -0.2) is 4.79 Å². The summed E-state index contributed by atoms with van der Waals surface area (Å²) in [4.78, 5) is 26.3. The maximum Gasteiger partial charge on any atom is 0.348 e. The van der Waals surface area contributed by atoms with E-state index in [0.717, 1.165) is 10.0 Å². The molecule has 4 rings (SSSR count). The van der Waals surface area contributed by atoms with E-state index in [2.05, 4.69) is 31.9 Å². The summed E-state index contributed by atoms with van der Waals surface area (Å²) in [5.41, 5.74) is 2.18. The van der Waals surface area contributed by atoms with Gasteiger partial charge in [0.15, 0.2) is 0 Å². The summed E-state index contributed by atoms with van der Waals surface area (Å²) in [6, 6.07) is 19.3. The molecule has 4 nitrogen and oxygen atoms in total. The van der Waals surface area contributed by atoms with Gasteiger partial charge in [0, 0.05) is 20.6 Å². The molecule has 7 heteroatoms. The van der Waals surface area contributed by atoms with Crippen LogP contribution in [0.15, 0.2) is 87.0 Å². The first kappa shape index (κ1) is 22.5. The van der Waals surface area contributed by atoms with Gasteiger partial charge in [-0.05, 0) is 69.5 Å². The quantitative estimate of drug-likeness (QED) is 0.185. The minimum absolute atomic E-state index is 0.0274. The van der Waals surface area contributed by atoms with Crippen molar-refractivity contribution in [2.24, 2.45) is 0 Å². The van der Waals surface area contributed by atoms with Crippen molar-refractivity contribution in [2.75, 3.05) is 7.11 Å². The third kappa shape index (κ3) is 4.58. The van der Waals surface area contributed by atoms with Crippen LogP contribution in [0, 0.1) is 0 Å². The number of Topliss-reactive ketones (excluding diaryl/α,β-unsaturated/α-hetero) is 1. The van der Waals surface area contributed by atoms with E-state index in [9.17, 15) is 9.59 Å². The number of ether oxygens (including phenoxy) is 2. The van der Waals surface area contributed by atoms with E-state index < -0.39 is 11.8 Å². The second-order valence-electron chi connectivity index (χ2n) is 6.89. The van der Waals surface area contributed by atoms with Crippen LogP contribution in [0.4, 0.5) is 0 Å². The molecule has 0 aromatic heterocycles. The molecule has 3 aromatic carbocycles. The number of halogens is 3. The molecular formula is C25H15Br2ClO4. The van der Waals surface area contributed by atoms with E-state index in [1.165, 1.54) is 0 Å². The van der Waals surface area contributed by atoms with Crippen molar-refractivity contribution in [3.05, 3.63) is 109 Å². The predicted octanol–water partition coefficient (Wildman–Crippen LogP) is 7.11. The molecular weight excluding hydrogens is 560 g/mol. The fourth-order valence-electron chi connectivity index (χ4n) is 3.33. The van der Waals surface area contributed by atoms with Crippen LogP contribution in [0.2, 0.25) is 5.02 Å². The molecule has 0 bridgehead atoms. The Hall–Kier alpha value is -2.67. The van der Waals surface area contributed by atoms with E-state index in [1.807, 2.05) is 6.07 Å². The van der Waals surface area contributed by atoms with Gasteiger partial charge in [0.05, 0.1) is 11.6 Å². The zero-order valence-electron chi connectivity index (χ0n) is 16.7. The molecule has 3 aromatic rings. The lowest BCUT2D eigenvalue weighted by atomic mass is 9.93. The Morgan fingerprint density at radius 2 is 1.78 bits per heavy atom. The summed E-state index contributed by atoms with van der Waals surface area (Å²) < 4.78 is 12.3. The number of cyclic esters (lactones) is 1. The summed E-state index contributed by atoms with van der Waals surface area (Å²) in [5.74, 6) is -0.203. The van der Waals surface area contributed by atoms with Crippen molar-refractivity contribution in [3.63, 3.8) is 0 Å². The predicted molar refractivity (Wildman–Crippen MR) is 132 cm³/mol. The van der Waals surface area contributed by atoms with Gasteiger partial charge in [-0.3, -0.25) is 4.79 Å². The number of carbonyl (C=O) groups excluding carboxylic acids is 2. The number of allylic oxidation sites excluding steroid dienone is 1. The molecule has 1 aliphatic rings. The number of esters is 1. The molecule has 1 aliphatic heterocycles. The fraction of sp³-hybridized carbons (Fsp3) is 0.0400. The van der Waals surface area contributed by atoms with E-state index >= 15 is 0 Å². The minimum atomic E-state index is -0.697. The van der Waals surface area contributed by atoms with Gasteiger partial charge in [-0.1, -0.05) is 57.9 Å². The molecule has 0 fully saturated rings. The van der Waals surface area contributed by atoms with Gasteiger partial charge in [0.25, 0.3) is 0 Å². The summed E-state index contributed by atoms with van der Waals surface area (Å²) >= 11 is 12.8. The molecule has 160 valence electrons. The number of methoxy groups -OCH3 is 1. The smallest absolute Gasteiger partial charge is 0.348 e. The molecule has 0 amide bonds. The fourth-order valence-corrected chi connectivity index (χ4v) is 4.39. The van der Waals surface area contributed by atoms with Crippen LogP contribution >= 0.6 is 43.5 Å². The van der Waals surface area contributed by atoms with Crippen molar-refractivity contribution in [3.8, 4) is 5.75 Å². The van der Waals surface area contributed by atoms with Crippen molar-refractivity contribution in [2.45, 2.75) is 0 Å². The second kappa shape index (κ2) is 9.45. The molecule has 0 atom stereocenters. The maximum absolute atomic E-state index is 13.4. The highest BCUT2D eigenvalue weighted by Crippen LogP contribution is 2.40. The first-order valence-electron chi connectivity index (χ1n) is 9.45. The zero-order chi connectivity index (χ0) is 22.8.